The summed E-state index contributed by atoms with van der Waals surface area (Å²) >= 11 is 6.28. The van der Waals surface area contributed by atoms with Crippen LogP contribution in [0.1, 0.15) is 12.5 Å². The van der Waals surface area contributed by atoms with Crippen LogP contribution in [0, 0.1) is 11.6 Å². The lowest BCUT2D eigenvalue weighted by atomic mass is 10.1. The van der Waals surface area contributed by atoms with Gasteiger partial charge in [-0.1, -0.05) is 17.7 Å². The van der Waals surface area contributed by atoms with Crippen LogP contribution in [0.15, 0.2) is 36.4 Å². The first-order chi connectivity index (χ1) is 14.6. The van der Waals surface area contributed by atoms with Crippen molar-refractivity contribution in [3.8, 4) is 0 Å². The predicted octanol–water partition coefficient (Wildman–Crippen LogP) is 2.25. The van der Waals surface area contributed by atoms with E-state index in [-0.39, 0.29) is 30.4 Å². The second kappa shape index (κ2) is 10.7. The van der Waals surface area contributed by atoms with E-state index < -0.39 is 23.6 Å². The second-order valence-corrected chi connectivity index (χ2v) is 7.52. The number of hydrogen-bond donors (Lipinski definition) is 2. The number of benzene rings is 2. The molecule has 0 aliphatic heterocycles. The minimum Gasteiger partial charge on any atom is -0.368 e. The molecular formula is C21H23ClF2N4O3. The van der Waals surface area contributed by atoms with Gasteiger partial charge < -0.3 is 20.9 Å². The van der Waals surface area contributed by atoms with Crippen molar-refractivity contribution in [2.45, 2.75) is 19.4 Å². The summed E-state index contributed by atoms with van der Waals surface area (Å²) in [6.07, 6.45) is 0.688. The molecular weight excluding hydrogens is 430 g/mol. The number of amides is 3. The molecule has 0 aliphatic carbocycles. The molecule has 0 radical (unpaired) electrons. The van der Waals surface area contributed by atoms with Gasteiger partial charge in [0.25, 0.3) is 0 Å². The maximum absolute atomic E-state index is 13.3. The van der Waals surface area contributed by atoms with Crippen molar-refractivity contribution in [2.75, 3.05) is 29.9 Å². The second-order valence-electron chi connectivity index (χ2n) is 7.11. The molecule has 0 spiro atoms. The van der Waals surface area contributed by atoms with Gasteiger partial charge in [0.2, 0.25) is 18.2 Å². The molecule has 0 aliphatic rings. The molecule has 2 aromatic carbocycles. The molecule has 2 rings (SSSR count). The molecule has 0 unspecified atom stereocenters. The molecule has 7 nitrogen and oxygen atoms in total. The maximum atomic E-state index is 13.3. The highest BCUT2D eigenvalue weighted by atomic mass is 35.5. The van der Waals surface area contributed by atoms with Crippen molar-refractivity contribution >= 4 is 41.2 Å². The topological polar surface area (TPSA) is 95.7 Å². The molecule has 0 fully saturated rings. The number of rotatable bonds is 10. The van der Waals surface area contributed by atoms with Gasteiger partial charge in [-0.3, -0.25) is 14.4 Å². The number of halogens is 3. The molecule has 31 heavy (non-hydrogen) atoms. The normalized spacial score (nSPS) is 11.5. The molecule has 3 amide bonds. The number of nitrogens with zero attached hydrogens (tertiary/aromatic N) is 2. The van der Waals surface area contributed by atoms with E-state index in [0.29, 0.717) is 23.3 Å². The molecule has 0 heterocycles. The molecule has 0 saturated carbocycles. The fraction of sp³-hybridized carbons (Fsp3) is 0.286. The number of likely N-dealkylation sites (N-methyl/N-ethyl adjacent to an activating group) is 1. The molecule has 1 atom stereocenters. The van der Waals surface area contributed by atoms with Crippen LogP contribution in [0.2, 0.25) is 5.02 Å². The Morgan fingerprint density at radius 1 is 1.19 bits per heavy atom. The van der Waals surface area contributed by atoms with Crippen LogP contribution >= 0.6 is 11.6 Å². The molecule has 0 aromatic heterocycles. The largest absolute Gasteiger partial charge is 0.368 e. The summed E-state index contributed by atoms with van der Waals surface area (Å²) in [7, 11) is 1.60. The van der Waals surface area contributed by atoms with Gasteiger partial charge in [-0.05, 0) is 43.2 Å². The predicted molar refractivity (Wildman–Crippen MR) is 115 cm³/mol. The van der Waals surface area contributed by atoms with Gasteiger partial charge in [0, 0.05) is 19.2 Å². The SMILES string of the molecule is C[C@H](Cc1cc(F)cc(F)c1)NC(=O)CN(C)c1c(Cl)cccc1N(C=O)CC(N)=O. The average Bonchev–Trinajstić information content (AvgIpc) is 2.64. The Balaban J connectivity index is 2.10. The Bertz CT molecular complexity index is 953. The fourth-order valence-electron chi connectivity index (χ4n) is 3.21. The summed E-state index contributed by atoms with van der Waals surface area (Å²) in [6, 6.07) is 7.57. The highest BCUT2D eigenvalue weighted by molar-refractivity contribution is 6.34. The van der Waals surface area contributed by atoms with Crippen LogP contribution < -0.4 is 20.9 Å². The number of anilines is 2. The number of para-hydroxylation sites is 1. The van der Waals surface area contributed by atoms with Gasteiger partial charge in [0.1, 0.15) is 18.2 Å². The molecule has 10 heteroatoms. The van der Waals surface area contributed by atoms with Gasteiger partial charge in [-0.25, -0.2) is 8.78 Å². The van der Waals surface area contributed by atoms with E-state index in [1.165, 1.54) is 17.0 Å². The first kappa shape index (κ1) is 24.1. The molecule has 0 bridgehead atoms. The van der Waals surface area contributed by atoms with Crippen molar-refractivity contribution in [1.82, 2.24) is 5.32 Å². The smallest absolute Gasteiger partial charge is 0.239 e. The third kappa shape index (κ3) is 6.92. The van der Waals surface area contributed by atoms with Crippen LogP contribution in [-0.2, 0) is 20.8 Å². The summed E-state index contributed by atoms with van der Waals surface area (Å²) in [4.78, 5) is 37.8. The minimum absolute atomic E-state index is 0.123. The van der Waals surface area contributed by atoms with Crippen LogP contribution in [0.25, 0.3) is 0 Å². The Morgan fingerprint density at radius 2 is 1.84 bits per heavy atom. The number of nitrogens with two attached hydrogens (primary N) is 1. The van der Waals surface area contributed by atoms with Gasteiger partial charge in [-0.15, -0.1) is 0 Å². The lowest BCUT2D eigenvalue weighted by Crippen LogP contribution is -2.41. The van der Waals surface area contributed by atoms with Crippen LogP contribution in [0.4, 0.5) is 20.2 Å². The highest BCUT2D eigenvalue weighted by Crippen LogP contribution is 2.35. The highest BCUT2D eigenvalue weighted by Gasteiger charge is 2.20. The van der Waals surface area contributed by atoms with E-state index in [0.717, 1.165) is 11.0 Å². The van der Waals surface area contributed by atoms with E-state index >= 15 is 0 Å². The molecule has 2 aromatic rings. The van der Waals surface area contributed by atoms with Crippen molar-refractivity contribution in [3.63, 3.8) is 0 Å². The maximum Gasteiger partial charge on any atom is 0.239 e. The summed E-state index contributed by atoms with van der Waals surface area (Å²) in [5, 5.41) is 3.03. The summed E-state index contributed by atoms with van der Waals surface area (Å²) in [5.74, 6) is -2.45. The quantitative estimate of drug-likeness (QED) is 0.540. The Hall–Kier alpha value is -3.20. The summed E-state index contributed by atoms with van der Waals surface area (Å²) in [6.45, 7) is 1.24. The number of carbonyl (C=O) groups is 3. The molecule has 166 valence electrons. The summed E-state index contributed by atoms with van der Waals surface area (Å²) in [5.41, 5.74) is 6.30. The van der Waals surface area contributed by atoms with Gasteiger partial charge >= 0.3 is 0 Å². The number of primary amides is 1. The zero-order chi connectivity index (χ0) is 23.1. The zero-order valence-corrected chi connectivity index (χ0v) is 17.8. The third-order valence-electron chi connectivity index (χ3n) is 4.36. The van der Waals surface area contributed by atoms with E-state index in [1.807, 2.05) is 0 Å². The Kier molecular flexibility index (Phi) is 8.32. The Labute approximate surface area is 183 Å². The van der Waals surface area contributed by atoms with Crippen molar-refractivity contribution in [3.05, 3.63) is 58.6 Å². The minimum atomic E-state index is -0.707. The monoisotopic (exact) mass is 452 g/mol. The van der Waals surface area contributed by atoms with E-state index in [2.05, 4.69) is 5.32 Å². The van der Waals surface area contributed by atoms with Crippen LogP contribution in [-0.4, -0.2) is 44.4 Å². The first-order valence-electron chi connectivity index (χ1n) is 9.35. The lowest BCUT2D eigenvalue weighted by molar-refractivity contribution is -0.120. The number of nitrogens with one attached hydrogen (secondary N) is 1. The summed E-state index contributed by atoms with van der Waals surface area (Å²) < 4.78 is 26.7. The van der Waals surface area contributed by atoms with E-state index in [1.54, 1.807) is 32.2 Å². The average molecular weight is 453 g/mol. The van der Waals surface area contributed by atoms with Crippen molar-refractivity contribution in [2.24, 2.45) is 5.73 Å². The van der Waals surface area contributed by atoms with Gasteiger partial charge in [-0.2, -0.15) is 0 Å². The lowest BCUT2D eigenvalue weighted by Gasteiger charge is -2.27. The van der Waals surface area contributed by atoms with Gasteiger partial charge in [0.15, 0.2) is 0 Å². The first-order valence-corrected chi connectivity index (χ1v) is 9.72. The van der Waals surface area contributed by atoms with Crippen molar-refractivity contribution in [1.29, 1.82) is 0 Å². The van der Waals surface area contributed by atoms with Crippen LogP contribution in [0.3, 0.4) is 0 Å². The zero-order valence-electron chi connectivity index (χ0n) is 17.1. The fourth-order valence-corrected chi connectivity index (χ4v) is 3.52. The van der Waals surface area contributed by atoms with E-state index in [4.69, 9.17) is 17.3 Å². The molecule has 0 saturated heterocycles. The van der Waals surface area contributed by atoms with E-state index in [9.17, 15) is 23.2 Å². The Morgan fingerprint density at radius 3 is 2.42 bits per heavy atom. The third-order valence-corrected chi connectivity index (χ3v) is 4.67. The standard InChI is InChI=1S/C21H23ClF2N4O3/c1-13(6-14-7-15(23)9-16(24)8-14)26-20(31)11-27(2)21-17(22)4-3-5-18(21)28(12-29)10-19(25)30/h3-5,7-9,12-13H,6,10-11H2,1-2H3,(H2,25,30)(H,26,31)/t13-/m1/s1. The van der Waals surface area contributed by atoms with Crippen LogP contribution in [0.5, 0.6) is 0 Å². The number of carbonyl (C=O) groups excluding carboxylic acids is 3. The molecule has 3 N–H and O–H groups in total. The van der Waals surface area contributed by atoms with Crippen molar-refractivity contribution < 1.29 is 23.2 Å². The van der Waals surface area contributed by atoms with Gasteiger partial charge in [0.05, 0.1) is 22.9 Å². The number of hydrogen-bond acceptors (Lipinski definition) is 4.